The number of benzene rings is 2. The Balaban J connectivity index is 1.95. The van der Waals surface area contributed by atoms with Crippen molar-refractivity contribution >= 4 is 39.3 Å². The molecule has 2 amide bonds. The Labute approximate surface area is 167 Å². The number of carbonyl (C=O) groups excluding carboxylic acids is 2. The predicted molar refractivity (Wildman–Crippen MR) is 108 cm³/mol. The lowest BCUT2D eigenvalue weighted by Crippen LogP contribution is -2.49. The van der Waals surface area contributed by atoms with Crippen LogP contribution in [-0.4, -0.2) is 17.9 Å². The number of amides is 2. The molecule has 0 saturated carbocycles. The molecule has 0 saturated heterocycles. The topological polar surface area (TPSA) is 58.2 Å². The van der Waals surface area contributed by atoms with Crippen molar-refractivity contribution < 1.29 is 9.59 Å². The first-order chi connectivity index (χ1) is 12.4. The molecule has 0 fully saturated rings. The monoisotopic (exact) mass is 436 g/mol. The van der Waals surface area contributed by atoms with E-state index >= 15 is 0 Å². The summed E-state index contributed by atoms with van der Waals surface area (Å²) in [6, 6.07) is 14.4. The first kappa shape index (κ1) is 20.5. The van der Waals surface area contributed by atoms with E-state index < -0.39 is 6.04 Å². The van der Waals surface area contributed by atoms with Gasteiger partial charge in [-0.25, -0.2) is 0 Å². The fraction of sp³-hybridized carbons (Fsp3) is 0.300. The zero-order valence-corrected chi connectivity index (χ0v) is 17.1. The molecule has 0 radical (unpaired) electrons. The van der Waals surface area contributed by atoms with Crippen LogP contribution in [0.15, 0.2) is 53.0 Å². The zero-order valence-electron chi connectivity index (χ0n) is 14.8. The Bertz CT molecular complexity index is 766. The van der Waals surface area contributed by atoms with Crippen LogP contribution in [0.5, 0.6) is 0 Å². The Morgan fingerprint density at radius 2 is 1.81 bits per heavy atom. The van der Waals surface area contributed by atoms with Gasteiger partial charge in [-0.1, -0.05) is 77.8 Å². The van der Waals surface area contributed by atoms with Gasteiger partial charge in [-0.05, 0) is 29.2 Å². The van der Waals surface area contributed by atoms with E-state index in [-0.39, 0.29) is 24.2 Å². The van der Waals surface area contributed by atoms with Gasteiger partial charge < -0.3 is 10.6 Å². The average molecular weight is 438 g/mol. The summed E-state index contributed by atoms with van der Waals surface area (Å²) in [5, 5.41) is 6.27. The van der Waals surface area contributed by atoms with E-state index in [1.807, 2.05) is 56.3 Å². The summed E-state index contributed by atoms with van der Waals surface area (Å²) in [4.78, 5) is 24.8. The van der Waals surface area contributed by atoms with Crippen molar-refractivity contribution in [3.63, 3.8) is 0 Å². The number of hydrogen-bond acceptors (Lipinski definition) is 2. The second-order valence-corrected chi connectivity index (χ2v) is 7.73. The molecular weight excluding hydrogens is 416 g/mol. The van der Waals surface area contributed by atoms with Crippen LogP contribution in [-0.2, 0) is 22.6 Å². The SMILES string of the molecule is CC(C)C(NC(=O)Cc1ccccc1)C(=O)NCc1ccc(Br)cc1Cl. The normalized spacial score (nSPS) is 11.9. The van der Waals surface area contributed by atoms with Crippen LogP contribution in [0.3, 0.4) is 0 Å². The van der Waals surface area contributed by atoms with Gasteiger partial charge in [0, 0.05) is 16.0 Å². The Morgan fingerprint density at radius 3 is 2.42 bits per heavy atom. The summed E-state index contributed by atoms with van der Waals surface area (Å²) in [5.74, 6) is -0.428. The standard InChI is InChI=1S/C20H22BrClN2O2/c1-13(2)19(24-18(25)10-14-6-4-3-5-7-14)20(26)23-12-15-8-9-16(21)11-17(15)22/h3-9,11,13,19H,10,12H2,1-2H3,(H,23,26)(H,24,25). The lowest BCUT2D eigenvalue weighted by Gasteiger charge is -2.22. The molecule has 0 aliphatic carbocycles. The van der Waals surface area contributed by atoms with E-state index in [0.717, 1.165) is 15.6 Å². The number of carbonyl (C=O) groups is 2. The van der Waals surface area contributed by atoms with Gasteiger partial charge in [0.25, 0.3) is 0 Å². The van der Waals surface area contributed by atoms with Gasteiger partial charge in [-0.2, -0.15) is 0 Å². The summed E-state index contributed by atoms with van der Waals surface area (Å²) >= 11 is 9.53. The van der Waals surface area contributed by atoms with Crippen LogP contribution in [0.25, 0.3) is 0 Å². The molecule has 26 heavy (non-hydrogen) atoms. The summed E-state index contributed by atoms with van der Waals surface area (Å²) in [6.07, 6.45) is 0.246. The maximum Gasteiger partial charge on any atom is 0.243 e. The van der Waals surface area contributed by atoms with Crippen LogP contribution in [0.4, 0.5) is 0 Å². The highest BCUT2D eigenvalue weighted by atomic mass is 79.9. The van der Waals surface area contributed by atoms with Gasteiger partial charge in [0.05, 0.1) is 6.42 Å². The largest absolute Gasteiger partial charge is 0.350 e. The van der Waals surface area contributed by atoms with Crippen LogP contribution in [0, 0.1) is 5.92 Å². The van der Waals surface area contributed by atoms with E-state index in [2.05, 4.69) is 26.6 Å². The van der Waals surface area contributed by atoms with E-state index in [1.165, 1.54) is 0 Å². The molecule has 6 heteroatoms. The van der Waals surface area contributed by atoms with Gasteiger partial charge in [-0.15, -0.1) is 0 Å². The maximum absolute atomic E-state index is 12.5. The molecule has 0 aromatic heterocycles. The van der Waals surface area contributed by atoms with Crippen LogP contribution >= 0.6 is 27.5 Å². The predicted octanol–water partition coefficient (Wildman–Crippen LogP) is 4.10. The van der Waals surface area contributed by atoms with Crippen molar-refractivity contribution in [2.75, 3.05) is 0 Å². The van der Waals surface area contributed by atoms with Crippen molar-refractivity contribution in [3.05, 3.63) is 69.2 Å². The first-order valence-electron chi connectivity index (χ1n) is 8.41. The third-order valence-corrected chi connectivity index (χ3v) is 4.79. The summed E-state index contributed by atoms with van der Waals surface area (Å²) in [7, 11) is 0. The molecule has 2 aromatic rings. The minimum absolute atomic E-state index is 0.0323. The highest BCUT2D eigenvalue weighted by molar-refractivity contribution is 9.10. The van der Waals surface area contributed by atoms with Crippen molar-refractivity contribution in [2.45, 2.75) is 32.9 Å². The van der Waals surface area contributed by atoms with Crippen LogP contribution in [0.2, 0.25) is 5.02 Å². The number of hydrogen-bond donors (Lipinski definition) is 2. The van der Waals surface area contributed by atoms with Gasteiger partial charge in [-0.3, -0.25) is 9.59 Å². The van der Waals surface area contributed by atoms with E-state index in [1.54, 1.807) is 6.07 Å². The number of halogens is 2. The minimum Gasteiger partial charge on any atom is -0.350 e. The second kappa shape index (κ2) is 9.74. The average Bonchev–Trinajstić information content (AvgIpc) is 2.59. The summed E-state index contributed by atoms with van der Waals surface area (Å²) in [5.41, 5.74) is 1.73. The summed E-state index contributed by atoms with van der Waals surface area (Å²) < 4.78 is 0.880. The minimum atomic E-state index is -0.597. The Hall–Kier alpha value is -1.85. The van der Waals surface area contributed by atoms with Crippen LogP contribution in [0.1, 0.15) is 25.0 Å². The van der Waals surface area contributed by atoms with Gasteiger partial charge in [0.15, 0.2) is 0 Å². The molecule has 1 atom stereocenters. The molecule has 0 aliphatic rings. The fourth-order valence-electron chi connectivity index (χ4n) is 2.50. The lowest BCUT2D eigenvalue weighted by atomic mass is 10.0. The molecule has 0 bridgehead atoms. The molecular formula is C20H22BrClN2O2. The summed E-state index contributed by atoms with van der Waals surface area (Å²) in [6.45, 7) is 4.11. The highest BCUT2D eigenvalue weighted by Crippen LogP contribution is 2.21. The Morgan fingerprint density at radius 1 is 1.12 bits per heavy atom. The smallest absolute Gasteiger partial charge is 0.243 e. The van der Waals surface area contributed by atoms with E-state index in [9.17, 15) is 9.59 Å². The molecule has 138 valence electrons. The molecule has 0 aliphatic heterocycles. The lowest BCUT2D eigenvalue weighted by molar-refractivity contribution is -0.129. The van der Waals surface area contributed by atoms with Gasteiger partial charge in [0.1, 0.15) is 6.04 Å². The maximum atomic E-state index is 12.5. The highest BCUT2D eigenvalue weighted by Gasteiger charge is 2.24. The molecule has 0 heterocycles. The van der Waals surface area contributed by atoms with E-state index in [0.29, 0.717) is 11.6 Å². The quantitative estimate of drug-likeness (QED) is 0.685. The van der Waals surface area contributed by atoms with Crippen molar-refractivity contribution in [1.29, 1.82) is 0 Å². The fourth-order valence-corrected chi connectivity index (χ4v) is 3.24. The van der Waals surface area contributed by atoms with Crippen molar-refractivity contribution in [2.24, 2.45) is 5.92 Å². The van der Waals surface area contributed by atoms with Gasteiger partial charge in [0.2, 0.25) is 11.8 Å². The molecule has 2 rings (SSSR count). The Kier molecular flexibility index (Phi) is 7.66. The second-order valence-electron chi connectivity index (χ2n) is 6.41. The van der Waals surface area contributed by atoms with Crippen molar-refractivity contribution in [3.8, 4) is 0 Å². The number of nitrogens with one attached hydrogen (secondary N) is 2. The van der Waals surface area contributed by atoms with Gasteiger partial charge >= 0.3 is 0 Å². The number of rotatable bonds is 7. The molecule has 2 N–H and O–H groups in total. The first-order valence-corrected chi connectivity index (χ1v) is 9.59. The molecule has 4 nitrogen and oxygen atoms in total. The van der Waals surface area contributed by atoms with E-state index in [4.69, 9.17) is 11.6 Å². The zero-order chi connectivity index (χ0) is 19.1. The third-order valence-electron chi connectivity index (χ3n) is 3.94. The molecule has 1 unspecified atom stereocenters. The van der Waals surface area contributed by atoms with Crippen LogP contribution < -0.4 is 10.6 Å². The molecule has 0 spiro atoms. The molecule has 2 aromatic carbocycles. The van der Waals surface area contributed by atoms with Crippen molar-refractivity contribution in [1.82, 2.24) is 10.6 Å². The third kappa shape index (κ3) is 6.15.